The van der Waals surface area contributed by atoms with Crippen LogP contribution in [0.25, 0.3) is 0 Å². The maximum atomic E-state index is 12.2. The first-order valence-corrected chi connectivity index (χ1v) is 9.54. The van der Waals surface area contributed by atoms with Crippen molar-refractivity contribution in [3.8, 4) is 11.5 Å². The Kier molecular flexibility index (Phi) is 6.72. The van der Waals surface area contributed by atoms with Gasteiger partial charge < -0.3 is 9.47 Å². The molecular formula is C17H19N3O6S. The Bertz CT molecular complexity index is 926. The minimum Gasteiger partial charge on any atom is -0.494 e. The van der Waals surface area contributed by atoms with Gasteiger partial charge in [-0.15, -0.1) is 0 Å². The normalized spacial score (nSPS) is 11.3. The van der Waals surface area contributed by atoms with E-state index < -0.39 is 14.9 Å². The maximum absolute atomic E-state index is 12.2. The van der Waals surface area contributed by atoms with Gasteiger partial charge in [-0.05, 0) is 50.2 Å². The number of nitro benzene ring substituents is 1. The van der Waals surface area contributed by atoms with E-state index >= 15 is 0 Å². The van der Waals surface area contributed by atoms with Crippen molar-refractivity contribution in [2.24, 2.45) is 5.10 Å². The van der Waals surface area contributed by atoms with E-state index in [2.05, 4.69) is 9.93 Å². The molecule has 144 valence electrons. The quantitative estimate of drug-likeness (QED) is 0.397. The summed E-state index contributed by atoms with van der Waals surface area (Å²) in [6.45, 7) is 4.31. The second-order valence-electron chi connectivity index (χ2n) is 5.17. The van der Waals surface area contributed by atoms with Crippen molar-refractivity contribution in [3.63, 3.8) is 0 Å². The number of nitrogens with zero attached hydrogens (tertiary/aromatic N) is 2. The fourth-order valence-corrected chi connectivity index (χ4v) is 2.93. The number of hydrogen-bond donors (Lipinski definition) is 1. The van der Waals surface area contributed by atoms with Crippen molar-refractivity contribution in [2.45, 2.75) is 18.7 Å². The van der Waals surface area contributed by atoms with Gasteiger partial charge in [0.25, 0.3) is 10.0 Å². The Labute approximate surface area is 156 Å². The van der Waals surface area contributed by atoms with Gasteiger partial charge in [0.15, 0.2) is 5.75 Å². The van der Waals surface area contributed by atoms with Gasteiger partial charge in [0.05, 0.1) is 29.2 Å². The average Bonchev–Trinajstić information content (AvgIpc) is 2.63. The molecule has 0 heterocycles. The molecule has 0 saturated carbocycles. The van der Waals surface area contributed by atoms with Crippen molar-refractivity contribution in [1.82, 2.24) is 4.83 Å². The molecule has 2 aromatic carbocycles. The minimum absolute atomic E-state index is 0.0146. The van der Waals surface area contributed by atoms with Gasteiger partial charge in [-0.1, -0.05) is 0 Å². The summed E-state index contributed by atoms with van der Waals surface area (Å²) in [5, 5.41) is 14.8. The summed E-state index contributed by atoms with van der Waals surface area (Å²) in [4.78, 5) is 12.6. The van der Waals surface area contributed by atoms with E-state index in [1.54, 1.807) is 6.92 Å². The van der Waals surface area contributed by atoms with E-state index in [-0.39, 0.29) is 22.9 Å². The average molecular weight is 393 g/mol. The lowest BCUT2D eigenvalue weighted by atomic mass is 10.2. The lowest BCUT2D eigenvalue weighted by Crippen LogP contribution is -2.18. The number of hydrazone groups is 1. The van der Waals surface area contributed by atoms with E-state index in [9.17, 15) is 18.5 Å². The summed E-state index contributed by atoms with van der Waals surface area (Å²) < 4.78 is 34.9. The van der Waals surface area contributed by atoms with Crippen molar-refractivity contribution >= 4 is 21.9 Å². The van der Waals surface area contributed by atoms with Gasteiger partial charge in [0.1, 0.15) is 5.75 Å². The summed E-state index contributed by atoms with van der Waals surface area (Å²) in [6.07, 6.45) is 1.18. The molecular weight excluding hydrogens is 374 g/mol. The molecule has 0 bridgehead atoms. The van der Waals surface area contributed by atoms with Crippen LogP contribution >= 0.6 is 0 Å². The molecule has 27 heavy (non-hydrogen) atoms. The standard InChI is InChI=1S/C17H19N3O6S/c1-3-25-14-6-8-15(9-7-14)27(23,24)19-18-12-13-5-10-17(26-4-2)16(11-13)20(21)22/h5-12,19H,3-4H2,1-2H3/b18-12+. The smallest absolute Gasteiger partial charge is 0.311 e. The number of sulfonamides is 1. The first-order valence-electron chi connectivity index (χ1n) is 8.06. The molecule has 1 N–H and O–H groups in total. The van der Waals surface area contributed by atoms with E-state index in [4.69, 9.17) is 9.47 Å². The van der Waals surface area contributed by atoms with Gasteiger partial charge in [0.2, 0.25) is 0 Å². The molecule has 0 saturated heterocycles. The van der Waals surface area contributed by atoms with Crippen LogP contribution in [0.4, 0.5) is 5.69 Å². The van der Waals surface area contributed by atoms with Crippen LogP contribution in [0, 0.1) is 10.1 Å². The molecule has 9 nitrogen and oxygen atoms in total. The zero-order valence-corrected chi connectivity index (χ0v) is 15.6. The van der Waals surface area contributed by atoms with Gasteiger partial charge >= 0.3 is 5.69 Å². The summed E-state index contributed by atoms with van der Waals surface area (Å²) in [5.41, 5.74) is 0.120. The second-order valence-corrected chi connectivity index (χ2v) is 6.84. The Hall–Kier alpha value is -3.14. The highest BCUT2D eigenvalue weighted by molar-refractivity contribution is 7.89. The molecule has 2 aromatic rings. The molecule has 0 amide bonds. The van der Waals surface area contributed by atoms with Crippen LogP contribution in [0.1, 0.15) is 19.4 Å². The van der Waals surface area contributed by atoms with Gasteiger partial charge in [-0.3, -0.25) is 10.1 Å². The molecule has 0 atom stereocenters. The van der Waals surface area contributed by atoms with Crippen LogP contribution in [-0.4, -0.2) is 32.8 Å². The van der Waals surface area contributed by atoms with E-state index in [1.807, 2.05) is 6.92 Å². The Morgan fingerprint density at radius 3 is 2.37 bits per heavy atom. The van der Waals surface area contributed by atoms with Crippen molar-refractivity contribution in [1.29, 1.82) is 0 Å². The van der Waals surface area contributed by atoms with Crippen LogP contribution in [0.15, 0.2) is 52.5 Å². The van der Waals surface area contributed by atoms with Crippen molar-refractivity contribution in [2.75, 3.05) is 13.2 Å². The Balaban J connectivity index is 2.13. The zero-order chi connectivity index (χ0) is 19.9. The van der Waals surface area contributed by atoms with Crippen molar-refractivity contribution in [3.05, 3.63) is 58.1 Å². The Morgan fingerprint density at radius 1 is 1.11 bits per heavy atom. The maximum Gasteiger partial charge on any atom is 0.311 e. The highest BCUT2D eigenvalue weighted by atomic mass is 32.2. The lowest BCUT2D eigenvalue weighted by molar-refractivity contribution is -0.385. The number of nitro groups is 1. The van der Waals surface area contributed by atoms with Crippen LogP contribution < -0.4 is 14.3 Å². The molecule has 0 unspecified atom stereocenters. The van der Waals surface area contributed by atoms with E-state index in [0.717, 1.165) is 0 Å². The van der Waals surface area contributed by atoms with Gasteiger partial charge in [-0.2, -0.15) is 13.5 Å². The predicted octanol–water partition coefficient (Wildman–Crippen LogP) is 2.70. The third kappa shape index (κ3) is 5.42. The number of hydrogen-bond acceptors (Lipinski definition) is 7. The topological polar surface area (TPSA) is 120 Å². The summed E-state index contributed by atoms with van der Waals surface area (Å²) in [5.74, 6) is 0.691. The monoisotopic (exact) mass is 393 g/mol. The molecule has 0 fully saturated rings. The van der Waals surface area contributed by atoms with E-state index in [1.165, 1.54) is 48.7 Å². The first kappa shape index (κ1) is 20.2. The third-order valence-corrected chi connectivity index (χ3v) is 4.55. The third-order valence-electron chi connectivity index (χ3n) is 3.31. The van der Waals surface area contributed by atoms with Crippen LogP contribution in [-0.2, 0) is 10.0 Å². The number of benzene rings is 2. The molecule has 0 aliphatic carbocycles. The van der Waals surface area contributed by atoms with E-state index in [0.29, 0.717) is 17.9 Å². The number of ether oxygens (including phenoxy) is 2. The molecule has 0 aliphatic rings. The highest BCUT2D eigenvalue weighted by Gasteiger charge is 2.16. The number of nitrogens with one attached hydrogen (secondary N) is 1. The highest BCUT2D eigenvalue weighted by Crippen LogP contribution is 2.27. The zero-order valence-electron chi connectivity index (χ0n) is 14.8. The molecule has 0 aromatic heterocycles. The fraction of sp³-hybridized carbons (Fsp3) is 0.235. The minimum atomic E-state index is -3.87. The van der Waals surface area contributed by atoms with Crippen molar-refractivity contribution < 1.29 is 22.8 Å². The van der Waals surface area contributed by atoms with Crippen LogP contribution in [0.5, 0.6) is 11.5 Å². The molecule has 0 aliphatic heterocycles. The van der Waals surface area contributed by atoms with Crippen LogP contribution in [0.2, 0.25) is 0 Å². The largest absolute Gasteiger partial charge is 0.494 e. The lowest BCUT2D eigenvalue weighted by Gasteiger charge is -2.06. The molecule has 10 heteroatoms. The van der Waals surface area contributed by atoms with Gasteiger partial charge in [0, 0.05) is 11.6 Å². The molecule has 0 radical (unpaired) electrons. The van der Waals surface area contributed by atoms with Gasteiger partial charge in [-0.25, -0.2) is 4.83 Å². The molecule has 0 spiro atoms. The first-order chi connectivity index (χ1) is 12.9. The summed E-state index contributed by atoms with van der Waals surface area (Å²) in [7, 11) is -3.87. The molecule has 2 rings (SSSR count). The van der Waals surface area contributed by atoms with Crippen LogP contribution in [0.3, 0.4) is 0 Å². The summed E-state index contributed by atoms with van der Waals surface area (Å²) >= 11 is 0. The predicted molar refractivity (Wildman–Crippen MR) is 99.8 cm³/mol. The second kappa shape index (κ2) is 8.99. The SMILES string of the molecule is CCOc1ccc(S(=O)(=O)N/N=C/c2ccc(OCC)c([N+](=O)[O-])c2)cc1. The Morgan fingerprint density at radius 2 is 1.78 bits per heavy atom. The summed E-state index contributed by atoms with van der Waals surface area (Å²) in [6, 6.07) is 10.1. The number of rotatable bonds is 9. The fourth-order valence-electron chi connectivity index (χ4n) is 2.14.